The molecule has 1 aromatic heterocycles. The van der Waals surface area contributed by atoms with Crippen LogP contribution in [0.1, 0.15) is 5.56 Å². The summed E-state index contributed by atoms with van der Waals surface area (Å²) in [6.07, 6.45) is 0. The number of fused-ring (bicyclic) bond motifs is 1. The monoisotopic (exact) mass is 290 g/mol. The van der Waals surface area contributed by atoms with Gasteiger partial charge in [-0.2, -0.15) is 0 Å². The van der Waals surface area contributed by atoms with Crippen molar-refractivity contribution in [2.45, 2.75) is 6.92 Å². The highest BCUT2D eigenvalue weighted by Gasteiger charge is 2.12. The molecule has 5 heteroatoms. The fourth-order valence-corrected chi connectivity index (χ4v) is 2.26. The average molecular weight is 291 g/mol. The first-order valence-corrected chi connectivity index (χ1v) is 6.32. The van der Waals surface area contributed by atoms with Crippen LogP contribution in [-0.4, -0.2) is 9.97 Å². The van der Waals surface area contributed by atoms with E-state index in [1.54, 1.807) is 0 Å². The van der Waals surface area contributed by atoms with Gasteiger partial charge in [-0.3, -0.25) is 0 Å². The summed E-state index contributed by atoms with van der Waals surface area (Å²) in [6, 6.07) is 9.56. The van der Waals surface area contributed by atoms with Gasteiger partial charge in [0.15, 0.2) is 17.5 Å². The summed E-state index contributed by atoms with van der Waals surface area (Å²) in [5.41, 5.74) is 2.06. The molecule has 0 saturated heterocycles. The largest absolute Gasteiger partial charge is 0.228 e. The first-order valence-electron chi connectivity index (χ1n) is 5.94. The first kappa shape index (κ1) is 12.9. The Bertz CT molecular complexity index is 818. The van der Waals surface area contributed by atoms with Gasteiger partial charge < -0.3 is 0 Å². The fraction of sp³-hybridized carbons (Fsp3) is 0.0667. The number of hydrogen-bond acceptors (Lipinski definition) is 2. The second-order valence-corrected chi connectivity index (χ2v) is 4.79. The molecule has 0 N–H and O–H groups in total. The first-order chi connectivity index (χ1) is 9.56. The minimum Gasteiger partial charge on any atom is -0.228 e. The molecule has 0 spiro atoms. The molecule has 0 radical (unpaired) electrons. The number of halogens is 3. The Hall–Kier alpha value is -2.07. The average Bonchev–Trinajstić information content (AvgIpc) is 2.41. The van der Waals surface area contributed by atoms with Crippen LogP contribution in [0.4, 0.5) is 8.78 Å². The Morgan fingerprint density at radius 3 is 2.45 bits per heavy atom. The van der Waals surface area contributed by atoms with Crippen molar-refractivity contribution < 1.29 is 8.78 Å². The van der Waals surface area contributed by atoms with Crippen molar-refractivity contribution in [2.24, 2.45) is 0 Å². The van der Waals surface area contributed by atoms with Gasteiger partial charge >= 0.3 is 0 Å². The van der Waals surface area contributed by atoms with E-state index in [2.05, 4.69) is 9.97 Å². The van der Waals surface area contributed by atoms with Crippen LogP contribution >= 0.6 is 11.6 Å². The maximum absolute atomic E-state index is 13.3. The smallest absolute Gasteiger partial charge is 0.161 e. The maximum atomic E-state index is 13.3. The molecular formula is C15H9ClF2N2. The summed E-state index contributed by atoms with van der Waals surface area (Å²) < 4.78 is 26.5. The minimum atomic E-state index is -0.966. The van der Waals surface area contributed by atoms with Crippen molar-refractivity contribution in [2.75, 3.05) is 0 Å². The van der Waals surface area contributed by atoms with Crippen LogP contribution in [0.5, 0.6) is 0 Å². The Balaban J connectivity index is 2.30. The number of aromatic nitrogens is 2. The standard InChI is InChI=1S/C15H9ClF2N2/c1-8-4-2-3-5-9(8)15-19-13-7-12(18)11(17)6-10(13)14(16)20-15/h2-7H,1H3. The van der Waals surface area contributed by atoms with E-state index in [1.807, 2.05) is 31.2 Å². The van der Waals surface area contributed by atoms with Crippen LogP contribution in [-0.2, 0) is 0 Å². The second-order valence-electron chi connectivity index (χ2n) is 4.44. The number of rotatable bonds is 1. The van der Waals surface area contributed by atoms with Crippen LogP contribution in [0, 0.1) is 18.6 Å². The number of hydrogen-bond donors (Lipinski definition) is 0. The Kier molecular flexibility index (Phi) is 3.10. The van der Waals surface area contributed by atoms with Gasteiger partial charge in [-0.1, -0.05) is 35.9 Å². The minimum absolute atomic E-state index is 0.104. The second kappa shape index (κ2) is 4.80. The highest BCUT2D eigenvalue weighted by Crippen LogP contribution is 2.27. The van der Waals surface area contributed by atoms with Gasteiger partial charge in [0.25, 0.3) is 0 Å². The van der Waals surface area contributed by atoms with Crippen molar-refractivity contribution in [3.8, 4) is 11.4 Å². The predicted molar refractivity (Wildman–Crippen MR) is 74.6 cm³/mol. The number of nitrogens with zero attached hydrogens (tertiary/aromatic N) is 2. The SMILES string of the molecule is Cc1ccccc1-c1nc(Cl)c2cc(F)c(F)cc2n1. The summed E-state index contributed by atoms with van der Waals surface area (Å²) in [5.74, 6) is -1.53. The van der Waals surface area contributed by atoms with Crippen LogP contribution in [0.2, 0.25) is 5.15 Å². The summed E-state index contributed by atoms with van der Waals surface area (Å²) in [5, 5.41) is 0.398. The van der Waals surface area contributed by atoms with Crippen LogP contribution in [0.15, 0.2) is 36.4 Å². The van der Waals surface area contributed by atoms with Crippen molar-refractivity contribution in [1.29, 1.82) is 0 Å². The van der Waals surface area contributed by atoms with Gasteiger partial charge in [-0.05, 0) is 18.6 Å². The van der Waals surface area contributed by atoms with E-state index in [0.29, 0.717) is 11.2 Å². The molecule has 0 aliphatic heterocycles. The van der Waals surface area contributed by atoms with E-state index in [1.165, 1.54) is 0 Å². The Labute approximate surface area is 119 Å². The number of benzene rings is 2. The van der Waals surface area contributed by atoms with Crippen LogP contribution in [0.3, 0.4) is 0 Å². The highest BCUT2D eigenvalue weighted by atomic mass is 35.5. The Morgan fingerprint density at radius 2 is 1.70 bits per heavy atom. The van der Waals surface area contributed by atoms with E-state index in [-0.39, 0.29) is 10.7 Å². The molecule has 0 aliphatic rings. The summed E-state index contributed by atoms with van der Waals surface area (Å²) in [7, 11) is 0. The topological polar surface area (TPSA) is 25.8 Å². The van der Waals surface area contributed by atoms with Gasteiger partial charge in [-0.15, -0.1) is 0 Å². The van der Waals surface area contributed by atoms with E-state index >= 15 is 0 Å². The van der Waals surface area contributed by atoms with Gasteiger partial charge in [-0.25, -0.2) is 18.7 Å². The molecule has 2 aromatic carbocycles. The van der Waals surface area contributed by atoms with Crippen molar-refractivity contribution in [3.05, 3.63) is 58.7 Å². The lowest BCUT2D eigenvalue weighted by Gasteiger charge is -2.07. The lowest BCUT2D eigenvalue weighted by molar-refractivity contribution is 0.510. The van der Waals surface area contributed by atoms with Crippen molar-refractivity contribution in [1.82, 2.24) is 9.97 Å². The molecule has 0 fully saturated rings. The third kappa shape index (κ3) is 2.12. The zero-order chi connectivity index (χ0) is 14.3. The van der Waals surface area contributed by atoms with Crippen molar-refractivity contribution in [3.63, 3.8) is 0 Å². The third-order valence-electron chi connectivity index (χ3n) is 3.08. The van der Waals surface area contributed by atoms with E-state index in [9.17, 15) is 8.78 Å². The predicted octanol–water partition coefficient (Wildman–Crippen LogP) is 4.54. The Morgan fingerprint density at radius 1 is 1.00 bits per heavy atom. The van der Waals surface area contributed by atoms with E-state index in [4.69, 9.17) is 11.6 Å². The molecule has 0 amide bonds. The molecule has 20 heavy (non-hydrogen) atoms. The maximum Gasteiger partial charge on any atom is 0.161 e. The summed E-state index contributed by atoms with van der Waals surface area (Å²) in [6.45, 7) is 1.92. The normalized spacial score (nSPS) is 11.0. The molecule has 1 heterocycles. The summed E-state index contributed by atoms with van der Waals surface area (Å²) in [4.78, 5) is 8.44. The van der Waals surface area contributed by atoms with Gasteiger partial charge in [0.1, 0.15) is 5.15 Å². The van der Waals surface area contributed by atoms with Crippen molar-refractivity contribution >= 4 is 22.5 Å². The molecule has 0 unspecified atom stereocenters. The highest BCUT2D eigenvalue weighted by molar-refractivity contribution is 6.34. The lowest BCUT2D eigenvalue weighted by Crippen LogP contribution is -1.95. The molecule has 2 nitrogen and oxygen atoms in total. The molecule has 0 aliphatic carbocycles. The molecule has 3 rings (SSSR count). The molecule has 3 aromatic rings. The lowest BCUT2D eigenvalue weighted by atomic mass is 10.1. The van der Waals surface area contributed by atoms with E-state index in [0.717, 1.165) is 23.3 Å². The van der Waals surface area contributed by atoms with Gasteiger partial charge in [0.2, 0.25) is 0 Å². The molecule has 100 valence electrons. The quantitative estimate of drug-likeness (QED) is 0.615. The number of aryl methyl sites for hydroxylation is 1. The molecule has 0 bridgehead atoms. The fourth-order valence-electron chi connectivity index (χ4n) is 2.03. The third-order valence-corrected chi connectivity index (χ3v) is 3.37. The molecular weight excluding hydrogens is 282 g/mol. The van der Waals surface area contributed by atoms with Gasteiger partial charge in [0, 0.05) is 17.0 Å². The van der Waals surface area contributed by atoms with Crippen LogP contribution < -0.4 is 0 Å². The molecule has 0 saturated carbocycles. The van der Waals surface area contributed by atoms with Crippen LogP contribution in [0.25, 0.3) is 22.3 Å². The zero-order valence-corrected chi connectivity index (χ0v) is 11.2. The zero-order valence-electron chi connectivity index (χ0n) is 10.5. The van der Waals surface area contributed by atoms with Gasteiger partial charge in [0.05, 0.1) is 5.52 Å². The van der Waals surface area contributed by atoms with E-state index < -0.39 is 11.6 Å². The molecule has 0 atom stereocenters. The summed E-state index contributed by atoms with van der Waals surface area (Å²) >= 11 is 6.05.